The second kappa shape index (κ2) is 6.69. The number of methoxy groups -OCH3 is 1. The maximum absolute atomic E-state index is 11.4. The molecule has 22 heavy (non-hydrogen) atoms. The van der Waals surface area contributed by atoms with Crippen LogP contribution in [-0.4, -0.2) is 32.3 Å². The summed E-state index contributed by atoms with van der Waals surface area (Å²) in [5, 5.41) is 7.54. The van der Waals surface area contributed by atoms with Crippen LogP contribution in [0.3, 0.4) is 0 Å². The Morgan fingerprint density at radius 3 is 3.09 bits per heavy atom. The average Bonchev–Trinajstić information content (AvgIpc) is 3.14. The Morgan fingerprint density at radius 2 is 2.36 bits per heavy atom. The summed E-state index contributed by atoms with van der Waals surface area (Å²) < 4.78 is 10.6. The Bertz CT molecular complexity index is 672. The van der Waals surface area contributed by atoms with Gasteiger partial charge in [0.05, 0.1) is 11.6 Å². The number of benzene rings is 1. The summed E-state index contributed by atoms with van der Waals surface area (Å²) in [5.41, 5.74) is 3.34. The lowest BCUT2D eigenvalue weighted by molar-refractivity contribution is -0.125. The van der Waals surface area contributed by atoms with E-state index < -0.39 is 0 Å². The molecule has 0 fully saturated rings. The summed E-state index contributed by atoms with van der Waals surface area (Å²) in [6.07, 6.45) is 0.645. The highest BCUT2D eigenvalue weighted by Gasteiger charge is 2.26. The number of carbonyl (C=O) groups is 1. The van der Waals surface area contributed by atoms with Crippen molar-refractivity contribution in [3.63, 3.8) is 0 Å². The van der Waals surface area contributed by atoms with Crippen molar-refractivity contribution in [1.29, 1.82) is 0 Å². The maximum Gasteiger partial charge on any atom is 0.246 e. The molecule has 1 aliphatic heterocycles. The molecule has 0 saturated heterocycles. The highest BCUT2D eigenvalue weighted by atomic mass is 35.5. The summed E-state index contributed by atoms with van der Waals surface area (Å²) in [6.45, 7) is 0.504. The summed E-state index contributed by atoms with van der Waals surface area (Å²) in [6, 6.07) is 6.11. The molecule has 0 radical (unpaired) electrons. The van der Waals surface area contributed by atoms with Gasteiger partial charge in [-0.1, -0.05) is 11.6 Å². The highest BCUT2D eigenvalue weighted by Crippen LogP contribution is 2.39. The first-order valence-electron chi connectivity index (χ1n) is 6.94. The van der Waals surface area contributed by atoms with Gasteiger partial charge in [-0.05, 0) is 40.1 Å². The van der Waals surface area contributed by atoms with E-state index in [9.17, 15) is 4.79 Å². The van der Waals surface area contributed by atoms with Gasteiger partial charge in [0.15, 0.2) is 0 Å². The van der Waals surface area contributed by atoms with Crippen LogP contribution in [0.15, 0.2) is 29.0 Å². The number of hydrogen-bond donors (Lipinski definition) is 1. The van der Waals surface area contributed by atoms with Crippen molar-refractivity contribution >= 4 is 28.8 Å². The van der Waals surface area contributed by atoms with Crippen LogP contribution in [0.1, 0.15) is 5.56 Å². The highest BCUT2D eigenvalue weighted by molar-refractivity contribution is 7.08. The largest absolute Gasteiger partial charge is 0.486 e. The number of ether oxygens (including phenoxy) is 2. The van der Waals surface area contributed by atoms with E-state index in [4.69, 9.17) is 21.1 Å². The number of thiophene rings is 1. The second-order valence-electron chi connectivity index (χ2n) is 5.14. The number of amides is 1. The normalized spacial score (nSPS) is 16.2. The van der Waals surface area contributed by atoms with E-state index >= 15 is 0 Å². The fraction of sp³-hybridized carbons (Fsp3) is 0.312. The number of fused-ring (bicyclic) bond motifs is 1. The summed E-state index contributed by atoms with van der Waals surface area (Å²) >= 11 is 8.00. The van der Waals surface area contributed by atoms with Crippen LogP contribution < -0.4 is 10.1 Å². The van der Waals surface area contributed by atoms with Crippen LogP contribution in [0, 0.1) is 0 Å². The first-order chi connectivity index (χ1) is 10.7. The lowest BCUT2D eigenvalue weighted by atomic mass is 10.0. The van der Waals surface area contributed by atoms with E-state index in [1.165, 1.54) is 7.11 Å². The molecule has 116 valence electrons. The minimum absolute atomic E-state index is 0.0583. The van der Waals surface area contributed by atoms with Crippen LogP contribution in [0.2, 0.25) is 5.02 Å². The first kappa shape index (κ1) is 15.3. The minimum atomic E-state index is -0.146. The first-order valence-corrected chi connectivity index (χ1v) is 8.26. The molecule has 1 aliphatic rings. The van der Waals surface area contributed by atoms with Crippen LogP contribution in [0.25, 0.3) is 11.1 Å². The third kappa shape index (κ3) is 3.27. The van der Waals surface area contributed by atoms with Gasteiger partial charge >= 0.3 is 0 Å². The van der Waals surface area contributed by atoms with E-state index in [0.717, 1.165) is 28.9 Å². The van der Waals surface area contributed by atoms with E-state index in [1.54, 1.807) is 11.3 Å². The zero-order chi connectivity index (χ0) is 15.5. The summed E-state index contributed by atoms with van der Waals surface area (Å²) in [4.78, 5) is 11.4. The number of nitrogens with one attached hydrogen (secondary N) is 1. The predicted molar refractivity (Wildman–Crippen MR) is 87.8 cm³/mol. The Morgan fingerprint density at radius 1 is 1.50 bits per heavy atom. The predicted octanol–water partition coefficient (Wildman–Crippen LogP) is 3.13. The number of hydrogen-bond acceptors (Lipinski definition) is 4. The molecule has 0 aliphatic carbocycles. The lowest BCUT2D eigenvalue weighted by Gasteiger charge is -2.12. The second-order valence-corrected chi connectivity index (χ2v) is 6.33. The molecule has 0 spiro atoms. The quantitative estimate of drug-likeness (QED) is 0.911. The molecule has 0 saturated carbocycles. The minimum Gasteiger partial charge on any atom is -0.486 e. The third-order valence-electron chi connectivity index (χ3n) is 3.51. The van der Waals surface area contributed by atoms with Crippen molar-refractivity contribution in [2.75, 3.05) is 20.3 Å². The van der Waals surface area contributed by atoms with Crippen molar-refractivity contribution in [1.82, 2.24) is 5.32 Å². The van der Waals surface area contributed by atoms with Gasteiger partial charge in [-0.2, -0.15) is 11.3 Å². The van der Waals surface area contributed by atoms with Gasteiger partial charge in [-0.15, -0.1) is 0 Å². The van der Waals surface area contributed by atoms with Gasteiger partial charge < -0.3 is 14.8 Å². The van der Waals surface area contributed by atoms with E-state index in [-0.39, 0.29) is 18.6 Å². The zero-order valence-corrected chi connectivity index (χ0v) is 13.7. The fourth-order valence-corrected chi connectivity index (χ4v) is 3.46. The molecule has 0 bridgehead atoms. The molecule has 0 unspecified atom stereocenters. The number of halogens is 1. The van der Waals surface area contributed by atoms with Gasteiger partial charge in [-0.25, -0.2) is 0 Å². The van der Waals surface area contributed by atoms with Crippen LogP contribution in [-0.2, 0) is 16.0 Å². The Hall–Kier alpha value is -1.56. The van der Waals surface area contributed by atoms with Gasteiger partial charge in [-0.3, -0.25) is 4.79 Å². The zero-order valence-electron chi connectivity index (χ0n) is 12.1. The van der Waals surface area contributed by atoms with Gasteiger partial charge in [0.25, 0.3) is 0 Å². The molecule has 2 aromatic rings. The van der Waals surface area contributed by atoms with Crippen molar-refractivity contribution in [2.24, 2.45) is 0 Å². The van der Waals surface area contributed by atoms with Crippen molar-refractivity contribution in [3.05, 3.63) is 39.5 Å². The monoisotopic (exact) mass is 337 g/mol. The van der Waals surface area contributed by atoms with Gasteiger partial charge in [0.1, 0.15) is 18.5 Å². The van der Waals surface area contributed by atoms with E-state index in [0.29, 0.717) is 11.6 Å². The molecule has 1 atom stereocenters. The molecule has 1 amide bonds. The number of rotatable bonds is 5. The Labute approximate surface area is 138 Å². The SMILES string of the molecule is COCC(=O)NC[C@H]1Cc2cc(-c3ccsc3)cc(Cl)c2O1. The smallest absolute Gasteiger partial charge is 0.246 e. The molecule has 3 rings (SSSR count). The molecular formula is C16H16ClNO3S. The molecule has 1 N–H and O–H groups in total. The number of carbonyl (C=O) groups excluding carboxylic acids is 1. The van der Waals surface area contributed by atoms with Crippen molar-refractivity contribution in [3.8, 4) is 16.9 Å². The third-order valence-corrected chi connectivity index (χ3v) is 4.47. The van der Waals surface area contributed by atoms with Crippen LogP contribution in [0.4, 0.5) is 0 Å². The van der Waals surface area contributed by atoms with Gasteiger partial charge in [0, 0.05) is 19.1 Å². The molecule has 1 aromatic heterocycles. The Kier molecular flexibility index (Phi) is 4.66. The summed E-state index contributed by atoms with van der Waals surface area (Å²) in [7, 11) is 1.49. The van der Waals surface area contributed by atoms with Crippen LogP contribution >= 0.6 is 22.9 Å². The lowest BCUT2D eigenvalue weighted by Crippen LogP contribution is -2.36. The molecule has 6 heteroatoms. The molecular weight excluding hydrogens is 322 g/mol. The van der Waals surface area contributed by atoms with Gasteiger partial charge in [0.2, 0.25) is 5.91 Å². The molecule has 1 aromatic carbocycles. The molecule has 2 heterocycles. The van der Waals surface area contributed by atoms with E-state index in [1.807, 2.05) is 11.4 Å². The molecule has 4 nitrogen and oxygen atoms in total. The maximum atomic E-state index is 11.4. The van der Waals surface area contributed by atoms with Crippen molar-refractivity contribution < 1.29 is 14.3 Å². The van der Waals surface area contributed by atoms with E-state index in [2.05, 4.69) is 22.8 Å². The fourth-order valence-electron chi connectivity index (χ4n) is 2.51. The topological polar surface area (TPSA) is 47.6 Å². The summed E-state index contributed by atoms with van der Waals surface area (Å²) in [5.74, 6) is 0.582. The standard InChI is InChI=1S/C16H16ClNO3S/c1-20-8-15(19)18-7-13-5-12-4-11(10-2-3-22-9-10)6-14(17)16(12)21-13/h2-4,6,9,13H,5,7-8H2,1H3,(H,18,19)/t13-/m1/s1. The van der Waals surface area contributed by atoms with Crippen molar-refractivity contribution in [2.45, 2.75) is 12.5 Å². The average molecular weight is 338 g/mol. The Balaban J connectivity index is 1.70. The van der Waals surface area contributed by atoms with Crippen LogP contribution in [0.5, 0.6) is 5.75 Å².